The fourth-order valence-corrected chi connectivity index (χ4v) is 1.68. The van der Waals surface area contributed by atoms with Crippen LogP contribution in [0.2, 0.25) is 0 Å². The van der Waals surface area contributed by atoms with Crippen molar-refractivity contribution < 1.29 is 18.9 Å². The Labute approximate surface area is 121 Å². The van der Waals surface area contributed by atoms with Crippen LogP contribution in [0.25, 0.3) is 0 Å². The molecule has 0 saturated carbocycles. The molecule has 0 aliphatic carbocycles. The molecule has 0 bridgehead atoms. The van der Waals surface area contributed by atoms with Crippen molar-refractivity contribution in [3.63, 3.8) is 0 Å². The first-order valence-electron chi connectivity index (χ1n) is 6.89. The van der Waals surface area contributed by atoms with Crippen LogP contribution < -0.4 is 14.8 Å². The average Bonchev–Trinajstić information content (AvgIpc) is 2.49. The van der Waals surface area contributed by atoms with Crippen molar-refractivity contribution in [2.24, 2.45) is 0 Å². The van der Waals surface area contributed by atoms with Crippen LogP contribution in [-0.4, -0.2) is 47.2 Å². The lowest BCUT2D eigenvalue weighted by Gasteiger charge is -2.13. The summed E-state index contributed by atoms with van der Waals surface area (Å²) >= 11 is 0. The van der Waals surface area contributed by atoms with Crippen LogP contribution >= 0.6 is 0 Å². The van der Waals surface area contributed by atoms with E-state index in [2.05, 4.69) is 12.2 Å². The van der Waals surface area contributed by atoms with Crippen LogP contribution in [0, 0.1) is 0 Å². The van der Waals surface area contributed by atoms with Gasteiger partial charge in [0.2, 0.25) is 0 Å². The lowest BCUT2D eigenvalue weighted by atomic mass is 10.2. The van der Waals surface area contributed by atoms with Crippen molar-refractivity contribution in [3.8, 4) is 11.5 Å². The molecule has 0 unspecified atom stereocenters. The SMILES string of the molecule is CCNCc1cc(OC)ccc1OCCOCCOC. The Morgan fingerprint density at radius 1 is 1.05 bits per heavy atom. The van der Waals surface area contributed by atoms with Gasteiger partial charge in [0.25, 0.3) is 0 Å². The second kappa shape index (κ2) is 10.5. The monoisotopic (exact) mass is 283 g/mol. The predicted octanol–water partition coefficient (Wildman–Crippen LogP) is 1.85. The van der Waals surface area contributed by atoms with E-state index >= 15 is 0 Å². The van der Waals surface area contributed by atoms with Crippen molar-refractivity contribution >= 4 is 0 Å². The van der Waals surface area contributed by atoms with Gasteiger partial charge in [-0.15, -0.1) is 0 Å². The van der Waals surface area contributed by atoms with Gasteiger partial charge in [-0.05, 0) is 24.7 Å². The van der Waals surface area contributed by atoms with Crippen molar-refractivity contribution in [2.45, 2.75) is 13.5 Å². The van der Waals surface area contributed by atoms with Crippen LogP contribution in [0.3, 0.4) is 0 Å². The molecule has 0 fully saturated rings. The number of hydrogen-bond donors (Lipinski definition) is 1. The summed E-state index contributed by atoms with van der Waals surface area (Å²) in [5.74, 6) is 1.70. The summed E-state index contributed by atoms with van der Waals surface area (Å²) in [4.78, 5) is 0. The zero-order chi connectivity index (χ0) is 14.6. The molecular formula is C15H25NO4. The fourth-order valence-electron chi connectivity index (χ4n) is 1.68. The lowest BCUT2D eigenvalue weighted by molar-refractivity contribution is 0.0542. The fraction of sp³-hybridized carbons (Fsp3) is 0.600. The standard InChI is InChI=1S/C15H25NO4/c1-4-16-12-13-11-14(18-3)5-6-15(13)20-10-9-19-8-7-17-2/h5-6,11,16H,4,7-10,12H2,1-3H3. The van der Waals surface area contributed by atoms with Gasteiger partial charge in [-0.25, -0.2) is 0 Å². The minimum atomic E-state index is 0.523. The van der Waals surface area contributed by atoms with Crippen LogP contribution in [0.4, 0.5) is 0 Å². The Morgan fingerprint density at radius 2 is 1.85 bits per heavy atom. The minimum Gasteiger partial charge on any atom is -0.497 e. The Morgan fingerprint density at radius 3 is 2.55 bits per heavy atom. The van der Waals surface area contributed by atoms with Crippen LogP contribution in [0.1, 0.15) is 12.5 Å². The Hall–Kier alpha value is -1.30. The van der Waals surface area contributed by atoms with E-state index < -0.39 is 0 Å². The van der Waals surface area contributed by atoms with Gasteiger partial charge in [0, 0.05) is 19.2 Å². The van der Waals surface area contributed by atoms with Gasteiger partial charge in [0.05, 0.1) is 26.9 Å². The Bertz CT molecular complexity index is 371. The lowest BCUT2D eigenvalue weighted by Crippen LogP contribution is -2.14. The summed E-state index contributed by atoms with van der Waals surface area (Å²) in [5, 5.41) is 3.29. The van der Waals surface area contributed by atoms with Crippen LogP contribution in [-0.2, 0) is 16.0 Å². The zero-order valence-electron chi connectivity index (χ0n) is 12.6. The van der Waals surface area contributed by atoms with Gasteiger partial charge >= 0.3 is 0 Å². The highest BCUT2D eigenvalue weighted by atomic mass is 16.5. The average molecular weight is 283 g/mol. The van der Waals surface area contributed by atoms with Gasteiger partial charge in [-0.2, -0.15) is 0 Å². The van der Waals surface area contributed by atoms with E-state index in [4.69, 9.17) is 18.9 Å². The summed E-state index contributed by atoms with van der Waals surface area (Å²) in [6.45, 7) is 6.01. The van der Waals surface area contributed by atoms with Crippen molar-refractivity contribution in [1.29, 1.82) is 0 Å². The molecule has 0 amide bonds. The first kappa shape index (κ1) is 16.8. The molecule has 0 atom stereocenters. The molecule has 0 aliphatic heterocycles. The third kappa shape index (κ3) is 6.23. The first-order chi connectivity index (χ1) is 9.81. The van der Waals surface area contributed by atoms with E-state index in [9.17, 15) is 0 Å². The van der Waals surface area contributed by atoms with Crippen LogP contribution in [0.15, 0.2) is 18.2 Å². The quantitative estimate of drug-likeness (QED) is 0.628. The largest absolute Gasteiger partial charge is 0.497 e. The highest BCUT2D eigenvalue weighted by Gasteiger charge is 2.05. The van der Waals surface area contributed by atoms with Gasteiger partial charge in [0.15, 0.2) is 0 Å². The molecule has 1 aromatic carbocycles. The molecule has 0 heterocycles. The maximum atomic E-state index is 5.75. The zero-order valence-corrected chi connectivity index (χ0v) is 12.6. The maximum Gasteiger partial charge on any atom is 0.124 e. The minimum absolute atomic E-state index is 0.523. The molecular weight excluding hydrogens is 258 g/mol. The highest BCUT2D eigenvalue weighted by Crippen LogP contribution is 2.24. The van der Waals surface area contributed by atoms with Crippen LogP contribution in [0.5, 0.6) is 11.5 Å². The number of ether oxygens (including phenoxy) is 4. The maximum absolute atomic E-state index is 5.75. The number of benzene rings is 1. The number of rotatable bonds is 11. The summed E-state index contributed by atoms with van der Waals surface area (Å²) in [6.07, 6.45) is 0. The molecule has 1 aromatic rings. The molecule has 0 spiro atoms. The van der Waals surface area contributed by atoms with E-state index in [-0.39, 0.29) is 0 Å². The molecule has 20 heavy (non-hydrogen) atoms. The second-order valence-electron chi connectivity index (χ2n) is 4.21. The van der Waals surface area contributed by atoms with Gasteiger partial charge < -0.3 is 24.3 Å². The number of nitrogens with one attached hydrogen (secondary N) is 1. The molecule has 1 N–H and O–H groups in total. The van der Waals surface area contributed by atoms with E-state index in [1.54, 1.807) is 14.2 Å². The molecule has 5 nitrogen and oxygen atoms in total. The summed E-state index contributed by atoms with van der Waals surface area (Å²) < 4.78 is 21.3. The van der Waals surface area contributed by atoms with Crippen molar-refractivity contribution in [3.05, 3.63) is 23.8 Å². The van der Waals surface area contributed by atoms with E-state index in [0.29, 0.717) is 26.4 Å². The molecule has 0 aliphatic rings. The predicted molar refractivity (Wildman–Crippen MR) is 78.6 cm³/mol. The highest BCUT2D eigenvalue weighted by molar-refractivity contribution is 5.40. The number of hydrogen-bond acceptors (Lipinski definition) is 5. The van der Waals surface area contributed by atoms with Gasteiger partial charge in [-0.1, -0.05) is 6.92 Å². The van der Waals surface area contributed by atoms with Crippen molar-refractivity contribution in [1.82, 2.24) is 5.32 Å². The van der Waals surface area contributed by atoms with E-state index in [1.165, 1.54) is 0 Å². The summed E-state index contributed by atoms with van der Waals surface area (Å²) in [6, 6.07) is 5.82. The first-order valence-corrected chi connectivity index (χ1v) is 6.89. The topological polar surface area (TPSA) is 49.0 Å². The molecule has 5 heteroatoms. The normalized spacial score (nSPS) is 10.6. The summed E-state index contributed by atoms with van der Waals surface area (Å²) in [5.41, 5.74) is 1.09. The molecule has 0 saturated heterocycles. The smallest absolute Gasteiger partial charge is 0.124 e. The molecule has 114 valence electrons. The third-order valence-electron chi connectivity index (χ3n) is 2.75. The third-order valence-corrected chi connectivity index (χ3v) is 2.75. The van der Waals surface area contributed by atoms with E-state index in [0.717, 1.165) is 30.2 Å². The number of methoxy groups -OCH3 is 2. The van der Waals surface area contributed by atoms with Crippen molar-refractivity contribution in [2.75, 3.05) is 47.2 Å². The van der Waals surface area contributed by atoms with Gasteiger partial charge in [-0.3, -0.25) is 0 Å². The summed E-state index contributed by atoms with van der Waals surface area (Å²) in [7, 11) is 3.32. The second-order valence-corrected chi connectivity index (χ2v) is 4.21. The molecule has 1 rings (SSSR count). The Balaban J connectivity index is 2.45. The molecule has 0 aromatic heterocycles. The Kier molecular flexibility index (Phi) is 8.78. The van der Waals surface area contributed by atoms with Gasteiger partial charge in [0.1, 0.15) is 18.1 Å². The van der Waals surface area contributed by atoms with E-state index in [1.807, 2.05) is 18.2 Å². The molecule has 0 radical (unpaired) electrons.